The highest BCUT2D eigenvalue weighted by atomic mass is 14.1. The quantitative estimate of drug-likeness (QED) is 0.143. The SMILES string of the molecule is CCCCCC/C=C/CCCCCCCCCCCCCCc1cccc2ccccc12. The Hall–Kier alpha value is -1.56. The molecule has 0 N–H and O–H groups in total. The average Bonchev–Trinajstić information content (AvgIpc) is 2.83. The number of fused-ring (bicyclic) bond motifs is 1. The molecular weight excluding hydrogens is 384 g/mol. The van der Waals surface area contributed by atoms with Gasteiger partial charge in [-0.1, -0.05) is 145 Å². The Balaban J connectivity index is 1.32. The minimum atomic E-state index is 1.23. The lowest BCUT2D eigenvalue weighted by Gasteiger charge is -2.07. The Labute approximate surface area is 199 Å². The van der Waals surface area contributed by atoms with E-state index >= 15 is 0 Å². The van der Waals surface area contributed by atoms with Crippen LogP contribution in [0.1, 0.15) is 128 Å². The highest BCUT2D eigenvalue weighted by Crippen LogP contribution is 2.21. The number of allylic oxidation sites excluding steroid dienone is 2. The lowest BCUT2D eigenvalue weighted by Crippen LogP contribution is -1.88. The fourth-order valence-corrected chi connectivity index (χ4v) is 4.78. The van der Waals surface area contributed by atoms with Crippen LogP contribution in [0.15, 0.2) is 54.6 Å². The summed E-state index contributed by atoms with van der Waals surface area (Å²) in [6.07, 6.45) is 31.3. The van der Waals surface area contributed by atoms with E-state index in [1.165, 1.54) is 138 Å². The normalized spacial score (nSPS) is 11.7. The van der Waals surface area contributed by atoms with Crippen LogP contribution in [0.2, 0.25) is 0 Å². The van der Waals surface area contributed by atoms with Gasteiger partial charge in [0.05, 0.1) is 0 Å². The highest BCUT2D eigenvalue weighted by Gasteiger charge is 2.00. The van der Waals surface area contributed by atoms with Crippen LogP contribution in [0.25, 0.3) is 10.8 Å². The lowest BCUT2D eigenvalue weighted by molar-refractivity contribution is 0.541. The summed E-state index contributed by atoms with van der Waals surface area (Å²) >= 11 is 0. The maximum Gasteiger partial charge on any atom is -0.0152 e. The largest absolute Gasteiger partial charge is 0.0885 e. The minimum Gasteiger partial charge on any atom is -0.0885 e. The molecule has 0 aliphatic carbocycles. The maximum absolute atomic E-state index is 2.42. The van der Waals surface area contributed by atoms with Gasteiger partial charge in [-0.3, -0.25) is 0 Å². The third-order valence-corrected chi connectivity index (χ3v) is 6.84. The lowest BCUT2D eigenvalue weighted by atomic mass is 9.99. The van der Waals surface area contributed by atoms with E-state index in [2.05, 4.69) is 61.5 Å². The van der Waals surface area contributed by atoms with Gasteiger partial charge in [-0.25, -0.2) is 0 Å². The molecule has 2 aromatic rings. The van der Waals surface area contributed by atoms with E-state index in [-0.39, 0.29) is 0 Å². The Kier molecular flexibility index (Phi) is 15.8. The van der Waals surface area contributed by atoms with Crippen molar-refractivity contribution in [3.05, 3.63) is 60.2 Å². The second kappa shape index (κ2) is 19.0. The molecule has 0 aromatic heterocycles. The third-order valence-electron chi connectivity index (χ3n) is 6.84. The van der Waals surface area contributed by atoms with E-state index in [9.17, 15) is 0 Å². The molecule has 0 nitrogen and oxygen atoms in total. The molecule has 32 heavy (non-hydrogen) atoms. The second-order valence-electron chi connectivity index (χ2n) is 9.74. The fraction of sp³-hybridized carbons (Fsp3) is 0.625. The first-order chi connectivity index (χ1) is 15.9. The van der Waals surface area contributed by atoms with Crippen molar-refractivity contribution in [3.8, 4) is 0 Å². The summed E-state index contributed by atoms with van der Waals surface area (Å²) in [5.41, 5.74) is 1.53. The molecule has 0 amide bonds. The van der Waals surface area contributed by atoms with E-state index in [0.29, 0.717) is 0 Å². The first-order valence-corrected chi connectivity index (χ1v) is 14.0. The van der Waals surface area contributed by atoms with E-state index in [1.807, 2.05) is 0 Å². The Morgan fingerprint density at radius 1 is 0.500 bits per heavy atom. The van der Waals surface area contributed by atoms with Gasteiger partial charge in [-0.2, -0.15) is 0 Å². The summed E-state index contributed by atoms with van der Waals surface area (Å²) in [4.78, 5) is 0. The molecule has 0 spiro atoms. The summed E-state index contributed by atoms with van der Waals surface area (Å²) < 4.78 is 0. The van der Waals surface area contributed by atoms with Crippen molar-refractivity contribution in [3.63, 3.8) is 0 Å². The molecule has 2 aromatic carbocycles. The van der Waals surface area contributed by atoms with Crippen LogP contribution in [0.5, 0.6) is 0 Å². The minimum absolute atomic E-state index is 1.23. The topological polar surface area (TPSA) is 0 Å². The van der Waals surface area contributed by atoms with E-state index in [0.717, 1.165) is 0 Å². The van der Waals surface area contributed by atoms with Gasteiger partial charge in [0.2, 0.25) is 0 Å². The van der Waals surface area contributed by atoms with Crippen LogP contribution in [0.3, 0.4) is 0 Å². The first-order valence-electron chi connectivity index (χ1n) is 14.0. The van der Waals surface area contributed by atoms with Crippen molar-refractivity contribution in [2.24, 2.45) is 0 Å². The Morgan fingerprint density at radius 3 is 1.62 bits per heavy atom. The first kappa shape index (κ1) is 26.7. The molecule has 0 unspecified atom stereocenters. The molecule has 0 saturated carbocycles. The van der Waals surface area contributed by atoms with Gasteiger partial charge in [0.25, 0.3) is 0 Å². The van der Waals surface area contributed by atoms with Crippen LogP contribution in [0, 0.1) is 0 Å². The Morgan fingerprint density at radius 2 is 1.00 bits per heavy atom. The van der Waals surface area contributed by atoms with Gasteiger partial charge < -0.3 is 0 Å². The number of hydrogen-bond donors (Lipinski definition) is 0. The van der Waals surface area contributed by atoms with E-state index < -0.39 is 0 Å². The highest BCUT2D eigenvalue weighted by molar-refractivity contribution is 5.85. The van der Waals surface area contributed by atoms with Crippen molar-refractivity contribution >= 4 is 10.8 Å². The van der Waals surface area contributed by atoms with Crippen LogP contribution in [0.4, 0.5) is 0 Å². The number of benzene rings is 2. The van der Waals surface area contributed by atoms with Crippen LogP contribution < -0.4 is 0 Å². The van der Waals surface area contributed by atoms with Gasteiger partial charge in [-0.15, -0.1) is 0 Å². The zero-order valence-corrected chi connectivity index (χ0v) is 21.1. The van der Waals surface area contributed by atoms with Crippen molar-refractivity contribution < 1.29 is 0 Å². The average molecular weight is 435 g/mol. The maximum atomic E-state index is 2.42. The molecular formula is C32H50. The molecule has 0 heterocycles. The number of unbranched alkanes of at least 4 members (excludes halogenated alkanes) is 16. The summed E-state index contributed by atoms with van der Waals surface area (Å²) in [6, 6.07) is 15.6. The monoisotopic (exact) mass is 434 g/mol. The summed E-state index contributed by atoms with van der Waals surface area (Å²) in [7, 11) is 0. The van der Waals surface area contributed by atoms with Crippen LogP contribution in [-0.4, -0.2) is 0 Å². The summed E-state index contributed by atoms with van der Waals surface area (Å²) in [5.74, 6) is 0. The van der Waals surface area contributed by atoms with Gasteiger partial charge in [-0.05, 0) is 54.9 Å². The molecule has 2 rings (SSSR count). The zero-order chi connectivity index (χ0) is 22.5. The zero-order valence-electron chi connectivity index (χ0n) is 21.1. The van der Waals surface area contributed by atoms with Gasteiger partial charge in [0.15, 0.2) is 0 Å². The molecule has 0 fully saturated rings. The molecule has 0 aliphatic heterocycles. The standard InChI is InChI=1S/C32H50/c1-2-3-4-5-6-7-8-9-10-11-12-13-14-15-16-17-18-19-20-21-25-30-27-24-28-31-26-22-23-29-32(30)31/h7-8,22-24,26-29H,2-6,9-21,25H2,1H3/b8-7+. The van der Waals surface area contributed by atoms with Crippen LogP contribution >= 0.6 is 0 Å². The molecule has 178 valence electrons. The third kappa shape index (κ3) is 12.5. The number of rotatable bonds is 20. The summed E-state index contributed by atoms with van der Waals surface area (Å²) in [5, 5.41) is 2.83. The number of hydrogen-bond acceptors (Lipinski definition) is 0. The predicted octanol–water partition coefficient (Wildman–Crippen LogP) is 11.0. The molecule has 0 bridgehead atoms. The van der Waals surface area contributed by atoms with Crippen molar-refractivity contribution in [2.75, 3.05) is 0 Å². The van der Waals surface area contributed by atoms with Crippen molar-refractivity contribution in [2.45, 2.75) is 129 Å². The van der Waals surface area contributed by atoms with Crippen LogP contribution in [-0.2, 0) is 6.42 Å². The predicted molar refractivity (Wildman–Crippen MR) is 146 cm³/mol. The molecule has 0 radical (unpaired) electrons. The second-order valence-corrected chi connectivity index (χ2v) is 9.74. The van der Waals surface area contributed by atoms with Gasteiger partial charge >= 0.3 is 0 Å². The molecule has 0 aliphatic rings. The molecule has 0 heteroatoms. The van der Waals surface area contributed by atoms with Crippen molar-refractivity contribution in [1.29, 1.82) is 0 Å². The fourth-order valence-electron chi connectivity index (χ4n) is 4.78. The molecule has 0 saturated heterocycles. The van der Waals surface area contributed by atoms with E-state index in [1.54, 1.807) is 0 Å². The Bertz CT molecular complexity index is 706. The van der Waals surface area contributed by atoms with Gasteiger partial charge in [0, 0.05) is 0 Å². The molecule has 0 atom stereocenters. The smallest absolute Gasteiger partial charge is 0.0152 e. The van der Waals surface area contributed by atoms with Crippen molar-refractivity contribution in [1.82, 2.24) is 0 Å². The van der Waals surface area contributed by atoms with E-state index in [4.69, 9.17) is 0 Å². The summed E-state index contributed by atoms with van der Waals surface area (Å²) in [6.45, 7) is 2.28. The van der Waals surface area contributed by atoms with Gasteiger partial charge in [0.1, 0.15) is 0 Å². The number of aryl methyl sites for hydroxylation is 1.